The van der Waals surface area contributed by atoms with Gasteiger partial charge in [0.05, 0.1) is 12.8 Å². The van der Waals surface area contributed by atoms with E-state index in [1.165, 1.54) is 0 Å². The van der Waals surface area contributed by atoms with Crippen molar-refractivity contribution in [2.24, 2.45) is 4.99 Å². The molecule has 2 heterocycles. The van der Waals surface area contributed by atoms with Crippen LogP contribution in [0.4, 0.5) is 5.69 Å². The molecule has 0 saturated carbocycles. The van der Waals surface area contributed by atoms with Gasteiger partial charge in [0.15, 0.2) is 5.70 Å². The molecular weight excluding hydrogens is 250 g/mol. The van der Waals surface area contributed by atoms with Crippen molar-refractivity contribution in [3.05, 3.63) is 66.2 Å². The predicted octanol–water partition coefficient (Wildman–Crippen LogP) is 3.34. The van der Waals surface area contributed by atoms with Crippen molar-refractivity contribution in [2.45, 2.75) is 6.92 Å². The minimum Gasteiger partial charge on any atom is -0.478 e. The monoisotopic (exact) mass is 266 g/mol. The molecule has 0 spiro atoms. The third kappa shape index (κ3) is 1.82. The van der Waals surface area contributed by atoms with Crippen LogP contribution in [-0.4, -0.2) is 18.8 Å². The Morgan fingerprint density at radius 3 is 2.85 bits per heavy atom. The highest BCUT2D eigenvalue weighted by atomic mass is 16.5. The Morgan fingerprint density at radius 1 is 1.30 bits per heavy atom. The van der Waals surface area contributed by atoms with Gasteiger partial charge in [0.2, 0.25) is 12.2 Å². The van der Waals surface area contributed by atoms with Crippen LogP contribution in [0.5, 0.6) is 0 Å². The van der Waals surface area contributed by atoms with Crippen LogP contribution in [0.15, 0.2) is 71.1 Å². The molecule has 0 saturated heterocycles. The van der Waals surface area contributed by atoms with Gasteiger partial charge in [-0.3, -0.25) is 5.41 Å². The van der Waals surface area contributed by atoms with Crippen LogP contribution in [0.1, 0.15) is 6.92 Å². The molecule has 2 aliphatic rings. The van der Waals surface area contributed by atoms with E-state index in [0.717, 1.165) is 17.0 Å². The van der Waals surface area contributed by atoms with Crippen molar-refractivity contribution in [1.29, 1.82) is 5.41 Å². The Kier molecular flexibility index (Phi) is 3.08. The van der Waals surface area contributed by atoms with Crippen LogP contribution < -0.4 is 4.48 Å². The van der Waals surface area contributed by atoms with Crippen molar-refractivity contribution < 1.29 is 4.74 Å². The molecule has 0 fully saturated rings. The van der Waals surface area contributed by atoms with E-state index in [1.54, 1.807) is 6.20 Å². The Hall–Kier alpha value is -2.46. The first-order valence-corrected chi connectivity index (χ1v) is 6.58. The summed E-state index contributed by atoms with van der Waals surface area (Å²) in [4.78, 5) is 4.31. The summed E-state index contributed by atoms with van der Waals surface area (Å²) in [6.45, 7) is 2.37. The molecule has 0 aromatic heterocycles. The first kappa shape index (κ1) is 12.6. The summed E-state index contributed by atoms with van der Waals surface area (Å²) < 4.78 is 5.75. The van der Waals surface area contributed by atoms with E-state index in [2.05, 4.69) is 23.3 Å². The molecule has 1 aromatic carbocycles. The first-order chi connectivity index (χ1) is 9.78. The van der Waals surface area contributed by atoms with Crippen LogP contribution in [0.2, 0.25) is 0 Å². The summed E-state index contributed by atoms with van der Waals surface area (Å²) >= 11 is 0. The van der Waals surface area contributed by atoms with E-state index in [-0.39, 0.29) is 5.90 Å². The van der Waals surface area contributed by atoms with E-state index in [1.807, 2.05) is 43.6 Å². The second-order valence-electron chi connectivity index (χ2n) is 4.58. The lowest BCUT2D eigenvalue weighted by Gasteiger charge is -2.30. The van der Waals surface area contributed by atoms with Gasteiger partial charge in [-0.15, -0.1) is 0 Å². The lowest BCUT2D eigenvalue weighted by molar-refractivity contribution is 0.324. The Morgan fingerprint density at radius 2 is 2.10 bits per heavy atom. The topological polar surface area (TPSA) is 45.4 Å². The third-order valence-corrected chi connectivity index (χ3v) is 3.42. The highest BCUT2D eigenvalue weighted by Gasteiger charge is 2.41. The van der Waals surface area contributed by atoms with Crippen LogP contribution in [0.3, 0.4) is 0 Å². The fraction of sp³-hybridized carbons (Fsp3) is 0.125. The first-order valence-electron chi connectivity index (χ1n) is 6.58. The number of fused-ring (bicyclic) bond motifs is 1. The second kappa shape index (κ2) is 4.90. The summed E-state index contributed by atoms with van der Waals surface area (Å²) in [5.74, 6) is 0.187. The van der Waals surface area contributed by atoms with Gasteiger partial charge in [-0.05, 0) is 19.1 Å². The number of hydrogen-bond donors (Lipinski definition) is 1. The number of para-hydroxylation sites is 1. The highest BCUT2D eigenvalue weighted by Crippen LogP contribution is 2.37. The van der Waals surface area contributed by atoms with E-state index < -0.39 is 0 Å². The summed E-state index contributed by atoms with van der Waals surface area (Å²) in [7, 11) is 0. The molecule has 4 heteroatoms. The number of ether oxygens (including phenoxy) is 1. The van der Waals surface area contributed by atoms with Gasteiger partial charge in [-0.25, -0.2) is 4.99 Å². The fourth-order valence-electron chi connectivity index (χ4n) is 2.50. The number of quaternary nitrogens is 1. The van der Waals surface area contributed by atoms with Gasteiger partial charge < -0.3 is 4.74 Å². The van der Waals surface area contributed by atoms with Crippen LogP contribution in [-0.2, 0) is 4.74 Å². The fourth-order valence-corrected chi connectivity index (χ4v) is 2.50. The molecule has 1 aromatic rings. The Labute approximate surface area is 118 Å². The van der Waals surface area contributed by atoms with E-state index in [9.17, 15) is 0 Å². The Bertz CT molecular complexity index is 656. The molecule has 0 radical (unpaired) electrons. The molecule has 20 heavy (non-hydrogen) atoms. The average molecular weight is 266 g/mol. The van der Waals surface area contributed by atoms with Crippen LogP contribution in [0, 0.1) is 5.41 Å². The van der Waals surface area contributed by atoms with Crippen LogP contribution in [0.25, 0.3) is 0 Å². The van der Waals surface area contributed by atoms with Crippen molar-refractivity contribution in [1.82, 2.24) is 4.48 Å². The van der Waals surface area contributed by atoms with Crippen molar-refractivity contribution in [2.75, 3.05) is 6.61 Å². The Balaban J connectivity index is 2.05. The summed E-state index contributed by atoms with van der Waals surface area (Å²) in [5.41, 5.74) is 2.80. The molecule has 0 bridgehead atoms. The standard InChI is InChI=1S/C16H16N3O/c1-2-20-16(17)14-9-6-10-19(12-18-11-15(14)19)13-7-4-3-5-8-13/h3-12,17H,2H2,1H3/q+1. The van der Waals surface area contributed by atoms with Gasteiger partial charge in [0.25, 0.3) is 0 Å². The zero-order valence-corrected chi connectivity index (χ0v) is 11.3. The molecule has 3 rings (SSSR count). The summed E-state index contributed by atoms with van der Waals surface area (Å²) in [6, 6.07) is 10.1. The number of benzene rings is 1. The number of allylic oxidation sites excluding steroid dienone is 2. The minimum absolute atomic E-state index is 0.187. The molecule has 0 amide bonds. The molecule has 1 atom stereocenters. The summed E-state index contributed by atoms with van der Waals surface area (Å²) in [6.07, 6.45) is 9.58. The molecule has 1 N–H and O–H groups in total. The number of nitrogens with zero attached hydrogens (tertiary/aromatic N) is 2. The maximum absolute atomic E-state index is 8.05. The van der Waals surface area contributed by atoms with Gasteiger partial charge in [0.1, 0.15) is 17.5 Å². The van der Waals surface area contributed by atoms with E-state index >= 15 is 0 Å². The number of nitrogens with one attached hydrogen (secondary N) is 1. The predicted molar refractivity (Wildman–Crippen MR) is 81.4 cm³/mol. The smallest absolute Gasteiger partial charge is 0.219 e. The normalized spacial score (nSPS) is 23.1. The average Bonchev–Trinajstić information content (AvgIpc) is 2.93. The maximum atomic E-state index is 8.05. The van der Waals surface area contributed by atoms with Gasteiger partial charge in [0, 0.05) is 12.1 Å². The van der Waals surface area contributed by atoms with Gasteiger partial charge in [-0.1, -0.05) is 18.2 Å². The number of rotatable bonds is 3. The quantitative estimate of drug-likeness (QED) is 0.509. The lowest BCUT2D eigenvalue weighted by atomic mass is 10.1. The number of aliphatic imine (C=N–C) groups is 1. The molecule has 1 unspecified atom stereocenters. The van der Waals surface area contributed by atoms with Crippen LogP contribution >= 0.6 is 0 Å². The molecule has 100 valence electrons. The zero-order valence-electron chi connectivity index (χ0n) is 11.3. The van der Waals surface area contributed by atoms with E-state index in [0.29, 0.717) is 11.1 Å². The zero-order chi connectivity index (χ0) is 14.0. The lowest BCUT2D eigenvalue weighted by Crippen LogP contribution is -2.42. The van der Waals surface area contributed by atoms with E-state index in [4.69, 9.17) is 10.1 Å². The third-order valence-electron chi connectivity index (χ3n) is 3.42. The minimum atomic E-state index is 0.187. The van der Waals surface area contributed by atoms with Crippen molar-refractivity contribution >= 4 is 17.9 Å². The summed E-state index contributed by atoms with van der Waals surface area (Å²) in [5, 5.41) is 8.05. The van der Waals surface area contributed by atoms with Gasteiger partial charge in [-0.2, -0.15) is 4.48 Å². The van der Waals surface area contributed by atoms with Crippen molar-refractivity contribution in [3.8, 4) is 0 Å². The number of hydrogen-bond acceptors (Lipinski definition) is 3. The molecule has 2 aliphatic heterocycles. The molecular formula is C16H16N3O+. The largest absolute Gasteiger partial charge is 0.478 e. The highest BCUT2D eigenvalue weighted by molar-refractivity contribution is 6.01. The second-order valence-corrected chi connectivity index (χ2v) is 4.58. The SMILES string of the molecule is CCOC(=N)C1=CC=C[N+]2(c3ccccc3)C=NC=C12. The molecule has 0 aliphatic carbocycles. The molecule has 4 nitrogen and oxygen atoms in total. The van der Waals surface area contributed by atoms with Gasteiger partial charge >= 0.3 is 0 Å². The maximum Gasteiger partial charge on any atom is 0.219 e. The van der Waals surface area contributed by atoms with Crippen molar-refractivity contribution in [3.63, 3.8) is 0 Å².